The molecule has 0 aliphatic carbocycles. The molecule has 0 radical (unpaired) electrons. The Hall–Kier alpha value is -2.28. The fourth-order valence-electron chi connectivity index (χ4n) is 2.16. The van der Waals surface area contributed by atoms with Gasteiger partial charge in [0.05, 0.1) is 0 Å². The van der Waals surface area contributed by atoms with Gasteiger partial charge in [0, 0.05) is 24.1 Å². The molecule has 1 fully saturated rings. The Morgan fingerprint density at radius 3 is 2.22 bits per heavy atom. The van der Waals surface area contributed by atoms with Gasteiger partial charge in [-0.2, -0.15) is 0 Å². The second-order valence-corrected chi connectivity index (χ2v) is 5.10. The summed E-state index contributed by atoms with van der Waals surface area (Å²) in [6.45, 7) is 3.55. The number of carbonyl (C=O) groups is 2. The van der Waals surface area contributed by atoms with E-state index in [4.69, 9.17) is 10.2 Å². The minimum atomic E-state index is -1.26. The highest BCUT2D eigenvalue weighted by atomic mass is 19.2. The molecule has 1 aliphatic rings. The minimum absolute atomic E-state index is 0. The number of hydrogen-bond donors (Lipinski definition) is 3. The van der Waals surface area contributed by atoms with Crippen molar-refractivity contribution in [2.75, 3.05) is 13.1 Å². The third-order valence-corrected chi connectivity index (χ3v) is 3.34. The molecule has 1 aromatic carbocycles. The summed E-state index contributed by atoms with van der Waals surface area (Å²) in [5, 5.41) is 18.8. The van der Waals surface area contributed by atoms with Gasteiger partial charge in [-0.15, -0.1) is 0 Å². The Balaban J connectivity index is 0.000000469. The standard InChI is InChI=1S/C11H13F2N.C4H4O4.CH4/c1-11(5-6-14-7-11)8-3-2-4-9(12)10(8)13;5-3(6)1-2-4(7)8;/h2-4,14H,5-7H2,1H3;1-2H,(H,5,6)(H,7,8);1H4/b;2-1+;/t11-;;/m0../s1. The lowest BCUT2D eigenvalue weighted by molar-refractivity contribution is -0.134. The quantitative estimate of drug-likeness (QED) is 0.742. The molecule has 0 amide bonds. The highest BCUT2D eigenvalue weighted by Gasteiger charge is 2.33. The average Bonchev–Trinajstić information content (AvgIpc) is 2.88. The molecule has 3 N–H and O–H groups in total. The lowest BCUT2D eigenvalue weighted by atomic mass is 9.81. The van der Waals surface area contributed by atoms with Crippen molar-refractivity contribution in [3.8, 4) is 0 Å². The molecule has 1 aromatic rings. The van der Waals surface area contributed by atoms with Crippen molar-refractivity contribution in [1.29, 1.82) is 0 Å². The van der Waals surface area contributed by atoms with Crippen LogP contribution in [0.3, 0.4) is 0 Å². The molecule has 2 rings (SSSR count). The Morgan fingerprint density at radius 1 is 1.22 bits per heavy atom. The topological polar surface area (TPSA) is 86.6 Å². The maximum atomic E-state index is 13.5. The van der Waals surface area contributed by atoms with Gasteiger partial charge in [0.25, 0.3) is 0 Å². The van der Waals surface area contributed by atoms with Crippen LogP contribution in [-0.2, 0) is 15.0 Å². The van der Waals surface area contributed by atoms with E-state index in [1.54, 1.807) is 12.1 Å². The summed E-state index contributed by atoms with van der Waals surface area (Å²) >= 11 is 0. The number of halogens is 2. The van der Waals surface area contributed by atoms with Crippen LogP contribution in [0.15, 0.2) is 30.4 Å². The molecule has 0 spiro atoms. The lowest BCUT2D eigenvalue weighted by Gasteiger charge is -2.23. The smallest absolute Gasteiger partial charge is 0.328 e. The van der Waals surface area contributed by atoms with Crippen LogP contribution >= 0.6 is 0 Å². The fraction of sp³-hybridized carbons (Fsp3) is 0.375. The van der Waals surface area contributed by atoms with Crippen LogP contribution in [0.2, 0.25) is 0 Å². The van der Waals surface area contributed by atoms with Crippen LogP contribution in [0.5, 0.6) is 0 Å². The van der Waals surface area contributed by atoms with E-state index in [2.05, 4.69) is 5.32 Å². The van der Waals surface area contributed by atoms with Crippen molar-refractivity contribution < 1.29 is 28.6 Å². The molecule has 1 atom stereocenters. The maximum Gasteiger partial charge on any atom is 0.328 e. The van der Waals surface area contributed by atoms with Gasteiger partial charge >= 0.3 is 11.9 Å². The van der Waals surface area contributed by atoms with Crippen LogP contribution in [-0.4, -0.2) is 35.2 Å². The molecular weight excluding hydrogens is 308 g/mol. The number of benzene rings is 1. The molecule has 1 heterocycles. The van der Waals surface area contributed by atoms with Crippen LogP contribution in [0.1, 0.15) is 26.3 Å². The molecule has 5 nitrogen and oxygen atoms in total. The summed E-state index contributed by atoms with van der Waals surface area (Å²) in [6.07, 6.45) is 1.97. The average molecular weight is 329 g/mol. The Morgan fingerprint density at radius 2 is 1.78 bits per heavy atom. The summed E-state index contributed by atoms with van der Waals surface area (Å²) in [7, 11) is 0. The highest BCUT2D eigenvalue weighted by Crippen LogP contribution is 2.32. The van der Waals surface area contributed by atoms with E-state index < -0.39 is 23.6 Å². The number of rotatable bonds is 3. The van der Waals surface area contributed by atoms with Gasteiger partial charge in [-0.1, -0.05) is 26.5 Å². The molecule has 0 saturated carbocycles. The summed E-state index contributed by atoms with van der Waals surface area (Å²) in [4.78, 5) is 19.1. The molecule has 23 heavy (non-hydrogen) atoms. The Kier molecular flexibility index (Phi) is 8.10. The second-order valence-electron chi connectivity index (χ2n) is 5.10. The first-order valence-corrected chi connectivity index (χ1v) is 6.55. The van der Waals surface area contributed by atoms with E-state index in [0.717, 1.165) is 19.0 Å². The largest absolute Gasteiger partial charge is 0.478 e. The van der Waals surface area contributed by atoms with Gasteiger partial charge in [-0.25, -0.2) is 18.4 Å². The third kappa shape index (κ3) is 6.15. The van der Waals surface area contributed by atoms with Gasteiger partial charge in [0.15, 0.2) is 11.6 Å². The van der Waals surface area contributed by atoms with Gasteiger partial charge in [-0.05, 0) is 24.6 Å². The molecule has 128 valence electrons. The SMILES string of the molecule is C.C[C@]1(c2cccc(F)c2F)CCNC1.O=C(O)/C=C/C(=O)O. The summed E-state index contributed by atoms with van der Waals surface area (Å²) in [5.74, 6) is -3.96. The van der Waals surface area contributed by atoms with Crippen molar-refractivity contribution in [2.24, 2.45) is 0 Å². The van der Waals surface area contributed by atoms with Crippen LogP contribution in [0.4, 0.5) is 8.78 Å². The van der Waals surface area contributed by atoms with Crippen LogP contribution in [0, 0.1) is 11.6 Å². The Bertz CT molecular complexity index is 565. The predicted octanol–water partition coefficient (Wildman–Crippen LogP) is 2.56. The fourth-order valence-corrected chi connectivity index (χ4v) is 2.16. The third-order valence-electron chi connectivity index (χ3n) is 3.34. The van der Waals surface area contributed by atoms with Crippen molar-refractivity contribution in [3.05, 3.63) is 47.5 Å². The van der Waals surface area contributed by atoms with Crippen molar-refractivity contribution in [2.45, 2.75) is 26.2 Å². The normalized spacial score (nSPS) is 19.6. The van der Waals surface area contributed by atoms with Crippen molar-refractivity contribution in [1.82, 2.24) is 5.32 Å². The number of hydrogen-bond acceptors (Lipinski definition) is 3. The molecule has 1 saturated heterocycles. The molecule has 0 unspecified atom stereocenters. The van der Waals surface area contributed by atoms with E-state index in [1.165, 1.54) is 0 Å². The molecule has 1 aliphatic heterocycles. The minimum Gasteiger partial charge on any atom is -0.478 e. The summed E-state index contributed by atoms with van der Waals surface area (Å²) in [6, 6.07) is 4.40. The van der Waals surface area contributed by atoms with Crippen molar-refractivity contribution in [3.63, 3.8) is 0 Å². The van der Waals surface area contributed by atoms with Gasteiger partial charge in [-0.3, -0.25) is 0 Å². The second kappa shape index (κ2) is 8.99. The molecular formula is C16H21F2NO4. The molecule has 0 aromatic heterocycles. The summed E-state index contributed by atoms with van der Waals surface area (Å²) in [5.41, 5.74) is 0.231. The highest BCUT2D eigenvalue weighted by molar-refractivity contribution is 5.89. The molecule has 7 heteroatoms. The van der Waals surface area contributed by atoms with Crippen molar-refractivity contribution >= 4 is 11.9 Å². The van der Waals surface area contributed by atoms with Crippen LogP contribution < -0.4 is 5.32 Å². The number of nitrogens with one attached hydrogen (secondary N) is 1. The first kappa shape index (κ1) is 20.7. The predicted molar refractivity (Wildman–Crippen MR) is 82.3 cm³/mol. The van der Waals surface area contributed by atoms with E-state index in [0.29, 0.717) is 24.3 Å². The zero-order valence-electron chi connectivity index (χ0n) is 12.0. The maximum absolute atomic E-state index is 13.5. The van der Waals surface area contributed by atoms with Gasteiger partial charge < -0.3 is 15.5 Å². The zero-order chi connectivity index (χ0) is 16.8. The van der Waals surface area contributed by atoms with E-state index in [-0.39, 0.29) is 12.8 Å². The van der Waals surface area contributed by atoms with E-state index in [1.807, 2.05) is 6.92 Å². The number of carboxylic acid groups (broad SMARTS) is 2. The van der Waals surface area contributed by atoms with Crippen LogP contribution in [0.25, 0.3) is 0 Å². The van der Waals surface area contributed by atoms with E-state index >= 15 is 0 Å². The monoisotopic (exact) mass is 329 g/mol. The summed E-state index contributed by atoms with van der Waals surface area (Å²) < 4.78 is 26.5. The molecule has 0 bridgehead atoms. The number of aliphatic carboxylic acids is 2. The zero-order valence-corrected chi connectivity index (χ0v) is 12.0. The lowest BCUT2D eigenvalue weighted by Crippen LogP contribution is -2.26. The first-order chi connectivity index (χ1) is 10.3. The first-order valence-electron chi connectivity index (χ1n) is 6.55. The van der Waals surface area contributed by atoms with E-state index in [9.17, 15) is 18.4 Å². The Labute approximate surface area is 133 Å². The number of carboxylic acids is 2. The van der Waals surface area contributed by atoms with Gasteiger partial charge in [0.1, 0.15) is 0 Å². The van der Waals surface area contributed by atoms with Gasteiger partial charge in [0.2, 0.25) is 0 Å².